The van der Waals surface area contributed by atoms with Crippen LogP contribution in [0.1, 0.15) is 13.3 Å². The standard InChI is InChI=1S/C12H16N4O/c1-2-16(8-4-7-13)12(17)15-11-6-3-5-10(14)9-11/h3,5-6,9H,2,4,8,14H2,1H3,(H,15,17). The molecule has 1 aromatic rings. The molecule has 0 aliphatic carbocycles. The molecule has 90 valence electrons. The quantitative estimate of drug-likeness (QED) is 0.779. The number of nitriles is 1. The largest absolute Gasteiger partial charge is 0.399 e. The van der Waals surface area contributed by atoms with Crippen molar-refractivity contribution in [1.29, 1.82) is 5.26 Å². The minimum Gasteiger partial charge on any atom is -0.399 e. The van der Waals surface area contributed by atoms with Crippen LogP contribution in [0.5, 0.6) is 0 Å². The zero-order valence-corrected chi connectivity index (χ0v) is 9.81. The lowest BCUT2D eigenvalue weighted by Crippen LogP contribution is -2.35. The van der Waals surface area contributed by atoms with Gasteiger partial charge in [-0.2, -0.15) is 5.26 Å². The molecular weight excluding hydrogens is 216 g/mol. The number of carbonyl (C=O) groups excluding carboxylic acids is 1. The van der Waals surface area contributed by atoms with Gasteiger partial charge in [0.15, 0.2) is 0 Å². The van der Waals surface area contributed by atoms with Crippen molar-refractivity contribution in [2.24, 2.45) is 0 Å². The molecule has 0 radical (unpaired) electrons. The van der Waals surface area contributed by atoms with Gasteiger partial charge in [-0.1, -0.05) is 6.07 Å². The Morgan fingerprint density at radius 3 is 2.94 bits per heavy atom. The maximum atomic E-state index is 11.8. The van der Waals surface area contributed by atoms with Crippen LogP contribution in [0.25, 0.3) is 0 Å². The van der Waals surface area contributed by atoms with E-state index in [1.54, 1.807) is 29.2 Å². The maximum Gasteiger partial charge on any atom is 0.321 e. The first-order valence-electron chi connectivity index (χ1n) is 5.45. The summed E-state index contributed by atoms with van der Waals surface area (Å²) in [6, 6.07) is 8.79. The van der Waals surface area contributed by atoms with E-state index < -0.39 is 0 Å². The second kappa shape index (κ2) is 6.38. The third kappa shape index (κ3) is 4.03. The van der Waals surface area contributed by atoms with Gasteiger partial charge in [-0.3, -0.25) is 0 Å². The molecule has 0 bridgehead atoms. The fourth-order valence-corrected chi connectivity index (χ4v) is 1.41. The van der Waals surface area contributed by atoms with Gasteiger partial charge in [-0.25, -0.2) is 4.79 Å². The van der Waals surface area contributed by atoms with Crippen molar-refractivity contribution < 1.29 is 4.79 Å². The average Bonchev–Trinajstić information content (AvgIpc) is 2.30. The highest BCUT2D eigenvalue weighted by molar-refractivity contribution is 5.89. The Hall–Kier alpha value is -2.22. The Labute approximate surface area is 101 Å². The van der Waals surface area contributed by atoms with Crippen molar-refractivity contribution in [3.8, 4) is 6.07 Å². The number of hydrogen-bond donors (Lipinski definition) is 2. The lowest BCUT2D eigenvalue weighted by Gasteiger charge is -2.20. The number of hydrogen-bond acceptors (Lipinski definition) is 3. The summed E-state index contributed by atoms with van der Waals surface area (Å²) in [6.45, 7) is 2.87. The summed E-state index contributed by atoms with van der Waals surface area (Å²) in [7, 11) is 0. The van der Waals surface area contributed by atoms with E-state index in [1.165, 1.54) is 0 Å². The zero-order chi connectivity index (χ0) is 12.7. The Bertz CT molecular complexity index is 425. The van der Waals surface area contributed by atoms with E-state index in [1.807, 2.05) is 13.0 Å². The van der Waals surface area contributed by atoms with Crippen LogP contribution in [0.4, 0.5) is 16.2 Å². The van der Waals surface area contributed by atoms with Crippen molar-refractivity contribution in [2.75, 3.05) is 24.1 Å². The second-order valence-corrected chi connectivity index (χ2v) is 3.54. The van der Waals surface area contributed by atoms with Crippen LogP contribution in [0.15, 0.2) is 24.3 Å². The maximum absolute atomic E-state index is 11.8. The summed E-state index contributed by atoms with van der Waals surface area (Å²) < 4.78 is 0. The third-order valence-corrected chi connectivity index (χ3v) is 2.30. The smallest absolute Gasteiger partial charge is 0.321 e. The van der Waals surface area contributed by atoms with Gasteiger partial charge in [0.2, 0.25) is 0 Å². The first kappa shape index (κ1) is 12.8. The Morgan fingerprint density at radius 2 is 2.35 bits per heavy atom. The van der Waals surface area contributed by atoms with E-state index in [0.29, 0.717) is 30.9 Å². The molecule has 0 atom stereocenters. The van der Waals surface area contributed by atoms with Crippen LogP contribution < -0.4 is 11.1 Å². The summed E-state index contributed by atoms with van der Waals surface area (Å²) >= 11 is 0. The number of amides is 2. The summed E-state index contributed by atoms with van der Waals surface area (Å²) in [4.78, 5) is 13.4. The second-order valence-electron chi connectivity index (χ2n) is 3.54. The number of nitrogens with two attached hydrogens (primary N) is 1. The van der Waals surface area contributed by atoms with Crippen LogP contribution in [0.2, 0.25) is 0 Å². The lowest BCUT2D eigenvalue weighted by molar-refractivity contribution is 0.215. The molecular formula is C12H16N4O. The van der Waals surface area contributed by atoms with Crippen molar-refractivity contribution >= 4 is 17.4 Å². The summed E-state index contributed by atoms with van der Waals surface area (Å²) in [5, 5.41) is 11.2. The normalized spacial score (nSPS) is 9.41. The van der Waals surface area contributed by atoms with Crippen LogP contribution in [-0.2, 0) is 0 Å². The molecule has 3 N–H and O–H groups in total. The topological polar surface area (TPSA) is 82.2 Å². The molecule has 0 aromatic heterocycles. The number of nitrogens with zero attached hydrogens (tertiary/aromatic N) is 2. The molecule has 0 saturated carbocycles. The van der Waals surface area contributed by atoms with Gasteiger partial charge in [0.1, 0.15) is 0 Å². The number of anilines is 2. The van der Waals surface area contributed by atoms with Crippen molar-refractivity contribution in [3.63, 3.8) is 0 Å². The molecule has 0 unspecified atom stereocenters. The van der Waals surface area contributed by atoms with E-state index in [-0.39, 0.29) is 6.03 Å². The van der Waals surface area contributed by atoms with Crippen LogP contribution >= 0.6 is 0 Å². The highest BCUT2D eigenvalue weighted by Gasteiger charge is 2.10. The van der Waals surface area contributed by atoms with E-state index in [0.717, 1.165) is 0 Å². The minimum atomic E-state index is -0.214. The number of nitrogen functional groups attached to an aromatic ring is 1. The fourth-order valence-electron chi connectivity index (χ4n) is 1.41. The van der Waals surface area contributed by atoms with Gasteiger partial charge in [0.25, 0.3) is 0 Å². The molecule has 5 heteroatoms. The van der Waals surface area contributed by atoms with Gasteiger partial charge in [0, 0.05) is 24.5 Å². The molecule has 0 aliphatic heterocycles. The van der Waals surface area contributed by atoms with Gasteiger partial charge in [0.05, 0.1) is 12.5 Å². The predicted molar refractivity (Wildman–Crippen MR) is 67.4 cm³/mol. The Morgan fingerprint density at radius 1 is 1.59 bits per heavy atom. The number of nitrogens with one attached hydrogen (secondary N) is 1. The first-order chi connectivity index (χ1) is 8.17. The Kier molecular flexibility index (Phi) is 4.82. The van der Waals surface area contributed by atoms with E-state index in [9.17, 15) is 4.79 Å². The van der Waals surface area contributed by atoms with Crippen LogP contribution in [0.3, 0.4) is 0 Å². The molecule has 0 heterocycles. The van der Waals surface area contributed by atoms with Crippen LogP contribution in [0, 0.1) is 11.3 Å². The molecule has 5 nitrogen and oxygen atoms in total. The molecule has 1 rings (SSSR count). The molecule has 1 aromatic carbocycles. The highest BCUT2D eigenvalue weighted by atomic mass is 16.2. The third-order valence-electron chi connectivity index (χ3n) is 2.30. The molecule has 17 heavy (non-hydrogen) atoms. The number of urea groups is 1. The molecule has 0 spiro atoms. The minimum absolute atomic E-state index is 0.214. The number of benzene rings is 1. The fraction of sp³-hybridized carbons (Fsp3) is 0.333. The SMILES string of the molecule is CCN(CCC#N)C(=O)Nc1cccc(N)c1. The molecule has 0 fully saturated rings. The summed E-state index contributed by atoms with van der Waals surface area (Å²) in [5.74, 6) is 0. The molecule has 2 amide bonds. The Balaban J connectivity index is 2.61. The zero-order valence-electron chi connectivity index (χ0n) is 9.81. The van der Waals surface area contributed by atoms with E-state index in [4.69, 9.17) is 11.0 Å². The highest BCUT2D eigenvalue weighted by Crippen LogP contribution is 2.12. The summed E-state index contributed by atoms with van der Waals surface area (Å²) in [6.07, 6.45) is 0.332. The van der Waals surface area contributed by atoms with E-state index in [2.05, 4.69) is 5.32 Å². The van der Waals surface area contributed by atoms with Gasteiger partial charge in [-0.05, 0) is 25.1 Å². The van der Waals surface area contributed by atoms with Crippen molar-refractivity contribution in [3.05, 3.63) is 24.3 Å². The predicted octanol–water partition coefficient (Wildman–Crippen LogP) is 2.04. The van der Waals surface area contributed by atoms with Crippen molar-refractivity contribution in [1.82, 2.24) is 4.90 Å². The van der Waals surface area contributed by atoms with Crippen LogP contribution in [-0.4, -0.2) is 24.0 Å². The van der Waals surface area contributed by atoms with Gasteiger partial charge in [-0.15, -0.1) is 0 Å². The van der Waals surface area contributed by atoms with Gasteiger partial charge >= 0.3 is 6.03 Å². The van der Waals surface area contributed by atoms with Crippen molar-refractivity contribution in [2.45, 2.75) is 13.3 Å². The molecule has 0 saturated heterocycles. The monoisotopic (exact) mass is 232 g/mol. The number of rotatable bonds is 4. The average molecular weight is 232 g/mol. The number of carbonyl (C=O) groups is 1. The van der Waals surface area contributed by atoms with Gasteiger partial charge < -0.3 is 16.0 Å². The summed E-state index contributed by atoms with van der Waals surface area (Å²) in [5.41, 5.74) is 6.87. The first-order valence-corrected chi connectivity index (χ1v) is 5.45. The van der Waals surface area contributed by atoms with E-state index >= 15 is 0 Å². The molecule has 0 aliphatic rings. The lowest BCUT2D eigenvalue weighted by atomic mass is 10.3.